The molecule has 0 spiro atoms. The van der Waals surface area contributed by atoms with E-state index in [1.807, 2.05) is 49.5 Å². The number of nitrogens with zero attached hydrogens (tertiary/aromatic N) is 5. The van der Waals surface area contributed by atoms with Gasteiger partial charge in [0.1, 0.15) is 18.0 Å². The van der Waals surface area contributed by atoms with E-state index in [1.165, 1.54) is 6.33 Å². The molecule has 0 aliphatic carbocycles. The Kier molecular flexibility index (Phi) is 4.66. The smallest absolute Gasteiger partial charge is 0.155 e. The molecule has 4 aromatic heterocycles. The van der Waals surface area contributed by atoms with Crippen LogP contribution in [0, 0.1) is 19.7 Å². The van der Waals surface area contributed by atoms with Crippen LogP contribution in [0.1, 0.15) is 17.1 Å². The van der Waals surface area contributed by atoms with Crippen molar-refractivity contribution >= 4 is 11.3 Å². The van der Waals surface area contributed by atoms with Crippen molar-refractivity contribution in [3.05, 3.63) is 84.0 Å². The van der Waals surface area contributed by atoms with Crippen LogP contribution in [0.4, 0.5) is 10.1 Å². The number of nitrogens with one attached hydrogen (secondary N) is 2. The third-order valence-corrected chi connectivity index (χ3v) is 5.08. The van der Waals surface area contributed by atoms with Gasteiger partial charge in [-0.3, -0.25) is 4.98 Å². The molecule has 0 fully saturated rings. The van der Waals surface area contributed by atoms with E-state index in [0.29, 0.717) is 23.6 Å². The number of anilines is 1. The maximum absolute atomic E-state index is 14.4. The van der Waals surface area contributed by atoms with E-state index in [1.54, 1.807) is 23.6 Å². The van der Waals surface area contributed by atoms with Gasteiger partial charge in [-0.2, -0.15) is 5.10 Å². The van der Waals surface area contributed by atoms with E-state index in [4.69, 9.17) is 4.98 Å². The number of halogens is 1. The van der Waals surface area contributed by atoms with E-state index in [2.05, 4.69) is 25.4 Å². The van der Waals surface area contributed by atoms with E-state index in [-0.39, 0.29) is 5.82 Å². The highest BCUT2D eigenvalue weighted by Crippen LogP contribution is 2.30. The molecule has 4 heterocycles. The Morgan fingerprint density at radius 2 is 1.90 bits per heavy atom. The third-order valence-electron chi connectivity index (χ3n) is 5.08. The van der Waals surface area contributed by atoms with E-state index >= 15 is 0 Å². The van der Waals surface area contributed by atoms with Gasteiger partial charge in [0.15, 0.2) is 5.65 Å². The predicted octanol–water partition coefficient (Wildman–Crippen LogP) is 4.55. The van der Waals surface area contributed by atoms with Gasteiger partial charge < -0.3 is 10.3 Å². The normalized spacial score (nSPS) is 11.2. The SMILES string of the molecule is Cc1cccc(-c2[nH]c(CNc3cccc(C)c3F)nc2-c2ccc3ncnn3c2)n1. The summed E-state index contributed by atoms with van der Waals surface area (Å²) in [5.74, 6) is 0.416. The molecule has 0 aliphatic heterocycles. The zero-order valence-electron chi connectivity index (χ0n) is 17.1. The Bertz CT molecular complexity index is 1390. The average molecular weight is 413 g/mol. The molecule has 154 valence electrons. The second-order valence-electron chi connectivity index (χ2n) is 7.34. The lowest BCUT2D eigenvalue weighted by Crippen LogP contribution is -2.04. The number of aryl methyl sites for hydroxylation is 2. The number of imidazole rings is 1. The molecule has 0 saturated heterocycles. The van der Waals surface area contributed by atoms with Gasteiger partial charge in [-0.1, -0.05) is 18.2 Å². The minimum absolute atomic E-state index is 0.258. The molecule has 0 aliphatic rings. The third kappa shape index (κ3) is 3.63. The number of H-pyrrole nitrogens is 1. The second-order valence-corrected chi connectivity index (χ2v) is 7.34. The lowest BCUT2D eigenvalue weighted by Gasteiger charge is -2.07. The number of hydrogen-bond donors (Lipinski definition) is 2. The van der Waals surface area contributed by atoms with Crippen LogP contribution in [-0.2, 0) is 6.54 Å². The molecule has 0 saturated carbocycles. The maximum Gasteiger partial charge on any atom is 0.155 e. The minimum atomic E-state index is -0.258. The molecule has 1 aromatic carbocycles. The molecule has 2 N–H and O–H groups in total. The average Bonchev–Trinajstić information content (AvgIpc) is 3.41. The number of rotatable bonds is 5. The van der Waals surface area contributed by atoms with Crippen molar-refractivity contribution in [2.24, 2.45) is 0 Å². The number of benzene rings is 1. The van der Waals surface area contributed by atoms with E-state index in [9.17, 15) is 4.39 Å². The molecule has 0 amide bonds. The highest BCUT2D eigenvalue weighted by molar-refractivity contribution is 5.77. The van der Waals surface area contributed by atoms with Crippen molar-refractivity contribution in [3.63, 3.8) is 0 Å². The van der Waals surface area contributed by atoms with Crippen LogP contribution in [-0.4, -0.2) is 29.5 Å². The van der Waals surface area contributed by atoms with Crippen molar-refractivity contribution in [1.29, 1.82) is 0 Å². The maximum atomic E-state index is 14.4. The van der Waals surface area contributed by atoms with Gasteiger partial charge >= 0.3 is 0 Å². The first-order valence-corrected chi connectivity index (χ1v) is 9.90. The molecule has 0 unspecified atom stereocenters. The van der Waals surface area contributed by atoms with Crippen molar-refractivity contribution in [3.8, 4) is 22.6 Å². The first-order chi connectivity index (χ1) is 15.1. The summed E-state index contributed by atoms with van der Waals surface area (Å²) in [7, 11) is 0. The first-order valence-electron chi connectivity index (χ1n) is 9.90. The van der Waals surface area contributed by atoms with Crippen LogP contribution in [0.2, 0.25) is 0 Å². The molecular formula is C23H20FN7. The fourth-order valence-corrected chi connectivity index (χ4v) is 3.50. The van der Waals surface area contributed by atoms with Gasteiger partial charge in [-0.25, -0.2) is 18.9 Å². The van der Waals surface area contributed by atoms with Gasteiger partial charge in [0.05, 0.1) is 29.3 Å². The fraction of sp³-hybridized carbons (Fsp3) is 0.130. The first kappa shape index (κ1) is 18.9. The predicted molar refractivity (Wildman–Crippen MR) is 117 cm³/mol. The number of aromatic amines is 1. The quantitative estimate of drug-likeness (QED) is 0.442. The number of pyridine rings is 2. The molecule has 0 bridgehead atoms. The molecule has 31 heavy (non-hydrogen) atoms. The summed E-state index contributed by atoms with van der Waals surface area (Å²) in [6.45, 7) is 4.03. The van der Waals surface area contributed by atoms with Crippen molar-refractivity contribution in [1.82, 2.24) is 29.5 Å². The molecule has 5 aromatic rings. The summed E-state index contributed by atoms with van der Waals surface area (Å²) >= 11 is 0. The van der Waals surface area contributed by atoms with Crippen LogP contribution in [0.15, 0.2) is 61.1 Å². The lowest BCUT2D eigenvalue weighted by molar-refractivity contribution is 0.620. The van der Waals surface area contributed by atoms with Gasteiger partial charge in [-0.15, -0.1) is 0 Å². The van der Waals surface area contributed by atoms with E-state index in [0.717, 1.165) is 34.0 Å². The number of aromatic nitrogens is 6. The van der Waals surface area contributed by atoms with Crippen molar-refractivity contribution in [2.75, 3.05) is 5.32 Å². The molecule has 5 rings (SSSR count). The van der Waals surface area contributed by atoms with Gasteiger partial charge in [-0.05, 0) is 49.7 Å². The standard InChI is InChI=1S/C23H20FN7/c1-14-5-3-7-17(21(14)24)25-11-19-29-22(16-9-10-20-26-13-27-31(20)12-16)23(30-19)18-8-4-6-15(2)28-18/h3-10,12-13,25H,11H2,1-2H3,(H,29,30). The van der Waals surface area contributed by atoms with Crippen molar-refractivity contribution in [2.45, 2.75) is 20.4 Å². The summed E-state index contributed by atoms with van der Waals surface area (Å²) < 4.78 is 16.1. The molecule has 0 atom stereocenters. The molecule has 0 radical (unpaired) electrons. The summed E-state index contributed by atoms with van der Waals surface area (Å²) in [6, 6.07) is 15.0. The highest BCUT2D eigenvalue weighted by Gasteiger charge is 2.17. The molecule has 7 nitrogen and oxygen atoms in total. The summed E-state index contributed by atoms with van der Waals surface area (Å²) in [4.78, 5) is 17.0. The summed E-state index contributed by atoms with van der Waals surface area (Å²) in [5, 5.41) is 7.35. The number of fused-ring (bicyclic) bond motifs is 1. The van der Waals surface area contributed by atoms with Crippen LogP contribution >= 0.6 is 0 Å². The lowest BCUT2D eigenvalue weighted by atomic mass is 10.1. The van der Waals surface area contributed by atoms with Gasteiger partial charge in [0.2, 0.25) is 0 Å². The molecule has 8 heteroatoms. The number of hydrogen-bond acceptors (Lipinski definition) is 5. The Hall–Kier alpha value is -4.07. The van der Waals surface area contributed by atoms with Crippen LogP contribution in [0.25, 0.3) is 28.3 Å². The Morgan fingerprint density at radius 1 is 1.03 bits per heavy atom. The zero-order valence-corrected chi connectivity index (χ0v) is 17.1. The van der Waals surface area contributed by atoms with E-state index < -0.39 is 0 Å². The summed E-state index contributed by atoms with van der Waals surface area (Å²) in [5.41, 5.74) is 5.90. The molecular weight excluding hydrogens is 393 g/mol. The zero-order chi connectivity index (χ0) is 21.4. The van der Waals surface area contributed by atoms with Crippen LogP contribution in [0.5, 0.6) is 0 Å². The second kappa shape index (κ2) is 7.64. The highest BCUT2D eigenvalue weighted by atomic mass is 19.1. The summed E-state index contributed by atoms with van der Waals surface area (Å²) in [6.07, 6.45) is 3.40. The van der Waals surface area contributed by atoms with Gasteiger partial charge in [0.25, 0.3) is 0 Å². The Balaban J connectivity index is 1.55. The van der Waals surface area contributed by atoms with Crippen molar-refractivity contribution < 1.29 is 4.39 Å². The topological polar surface area (TPSA) is 83.8 Å². The van der Waals surface area contributed by atoms with Crippen LogP contribution < -0.4 is 5.32 Å². The van der Waals surface area contributed by atoms with Gasteiger partial charge in [0, 0.05) is 17.5 Å². The monoisotopic (exact) mass is 413 g/mol. The van der Waals surface area contributed by atoms with Crippen LogP contribution in [0.3, 0.4) is 0 Å². The largest absolute Gasteiger partial charge is 0.375 e. The minimum Gasteiger partial charge on any atom is -0.375 e. The fourth-order valence-electron chi connectivity index (χ4n) is 3.50. The Morgan fingerprint density at radius 3 is 2.77 bits per heavy atom. The Labute approximate surface area is 178 Å².